The van der Waals surface area contributed by atoms with Crippen LogP contribution in [0.25, 0.3) is 16.8 Å². The van der Waals surface area contributed by atoms with Crippen LogP contribution in [-0.4, -0.2) is 39.9 Å². The van der Waals surface area contributed by atoms with E-state index >= 15 is 0 Å². The monoisotopic (exact) mass is 483 g/mol. The number of benzene rings is 2. The van der Waals surface area contributed by atoms with Crippen molar-refractivity contribution in [3.8, 4) is 17.0 Å². The number of carbonyl (C=O) groups excluding carboxylic acids is 2. The highest BCUT2D eigenvalue weighted by molar-refractivity contribution is 9.10. The fourth-order valence-corrected chi connectivity index (χ4v) is 4.67. The molecule has 0 aliphatic carbocycles. The molecule has 0 atom stereocenters. The standard InChI is InChI=1S/C22H18BrN3O3S/c1-3-29-17-10-9-14(11-16(17)23)19-15(12-24-25-19)18(13-7-5-4-6-8-13)20-21(27)26(2)22(28)30-20/h4-12H,3H2,1-2H3,(H,24,25). The summed E-state index contributed by atoms with van der Waals surface area (Å²) in [6.45, 7) is 2.50. The molecule has 2 amide bonds. The van der Waals surface area contributed by atoms with Crippen LogP contribution in [-0.2, 0) is 4.79 Å². The van der Waals surface area contributed by atoms with Crippen LogP contribution < -0.4 is 4.74 Å². The number of nitrogens with one attached hydrogen (secondary N) is 1. The summed E-state index contributed by atoms with van der Waals surface area (Å²) in [6, 6.07) is 15.3. The molecule has 0 unspecified atom stereocenters. The van der Waals surface area contributed by atoms with E-state index < -0.39 is 0 Å². The SMILES string of the molecule is CCOc1ccc(-c2n[nH]cc2C(=C2SC(=O)N(C)C2=O)c2ccccc2)cc1Br. The Hall–Kier alpha value is -2.84. The number of aromatic nitrogens is 2. The first-order chi connectivity index (χ1) is 14.5. The van der Waals surface area contributed by atoms with Gasteiger partial charge in [-0.25, -0.2) is 0 Å². The minimum absolute atomic E-state index is 0.294. The van der Waals surface area contributed by atoms with Crippen LogP contribution in [0.1, 0.15) is 18.1 Å². The zero-order valence-electron chi connectivity index (χ0n) is 16.3. The number of halogens is 1. The molecule has 1 aliphatic heterocycles. The van der Waals surface area contributed by atoms with Gasteiger partial charge in [0.2, 0.25) is 0 Å². The quantitative estimate of drug-likeness (QED) is 0.496. The van der Waals surface area contributed by atoms with E-state index in [0.717, 1.165) is 43.6 Å². The summed E-state index contributed by atoms with van der Waals surface area (Å²) in [4.78, 5) is 26.5. The van der Waals surface area contributed by atoms with Crippen molar-refractivity contribution >= 4 is 44.4 Å². The molecule has 0 radical (unpaired) electrons. The summed E-state index contributed by atoms with van der Waals surface area (Å²) in [5.41, 5.74) is 3.80. The summed E-state index contributed by atoms with van der Waals surface area (Å²) >= 11 is 4.49. The van der Waals surface area contributed by atoms with Crippen molar-refractivity contribution in [2.45, 2.75) is 6.92 Å². The lowest BCUT2D eigenvalue weighted by atomic mass is 9.95. The maximum atomic E-state index is 12.8. The Kier molecular flexibility index (Phi) is 5.78. The van der Waals surface area contributed by atoms with Crippen LogP contribution in [0, 0.1) is 0 Å². The van der Waals surface area contributed by atoms with E-state index in [9.17, 15) is 9.59 Å². The number of likely N-dealkylation sites (N-methyl/N-ethyl adjacent to an activating group) is 1. The predicted molar refractivity (Wildman–Crippen MR) is 121 cm³/mol. The van der Waals surface area contributed by atoms with Crippen LogP contribution in [0.4, 0.5) is 4.79 Å². The fraction of sp³-hybridized carbons (Fsp3) is 0.136. The summed E-state index contributed by atoms with van der Waals surface area (Å²) in [5, 5.41) is 7.07. The van der Waals surface area contributed by atoms with Crippen molar-refractivity contribution in [1.82, 2.24) is 15.1 Å². The number of nitrogens with zero attached hydrogens (tertiary/aromatic N) is 2. The number of ether oxygens (including phenoxy) is 1. The Balaban J connectivity index is 1.90. The Morgan fingerprint density at radius 3 is 2.60 bits per heavy atom. The van der Waals surface area contributed by atoms with Gasteiger partial charge in [-0.3, -0.25) is 19.6 Å². The molecule has 1 aromatic heterocycles. The van der Waals surface area contributed by atoms with E-state index in [0.29, 0.717) is 22.8 Å². The fourth-order valence-electron chi connectivity index (χ4n) is 3.23. The van der Waals surface area contributed by atoms with Gasteiger partial charge in [0.15, 0.2) is 0 Å². The van der Waals surface area contributed by atoms with E-state index in [4.69, 9.17) is 4.74 Å². The Morgan fingerprint density at radius 2 is 1.97 bits per heavy atom. The number of imide groups is 1. The molecule has 2 aromatic carbocycles. The van der Waals surface area contributed by atoms with Crippen molar-refractivity contribution in [3.63, 3.8) is 0 Å². The second kappa shape index (κ2) is 8.49. The first-order valence-corrected chi connectivity index (χ1v) is 10.9. The summed E-state index contributed by atoms with van der Waals surface area (Å²) in [6.07, 6.45) is 1.76. The number of carbonyl (C=O) groups is 2. The first kappa shape index (κ1) is 20.4. The topological polar surface area (TPSA) is 75.3 Å². The lowest BCUT2D eigenvalue weighted by molar-refractivity contribution is -0.121. The van der Waals surface area contributed by atoms with Gasteiger partial charge in [-0.1, -0.05) is 30.3 Å². The number of amides is 2. The second-order valence-corrected chi connectivity index (χ2v) is 8.34. The van der Waals surface area contributed by atoms with Gasteiger partial charge in [0.05, 0.1) is 21.7 Å². The van der Waals surface area contributed by atoms with Gasteiger partial charge in [-0.2, -0.15) is 5.10 Å². The number of hydrogen-bond acceptors (Lipinski definition) is 5. The summed E-state index contributed by atoms with van der Waals surface area (Å²) < 4.78 is 6.41. The van der Waals surface area contributed by atoms with Gasteiger partial charge in [-0.15, -0.1) is 0 Å². The molecule has 4 rings (SSSR count). The molecule has 0 bridgehead atoms. The van der Waals surface area contributed by atoms with Crippen LogP contribution in [0.15, 0.2) is 64.1 Å². The molecule has 1 N–H and O–H groups in total. The average molecular weight is 484 g/mol. The van der Waals surface area contributed by atoms with E-state index in [1.54, 1.807) is 6.20 Å². The van der Waals surface area contributed by atoms with Crippen molar-refractivity contribution in [1.29, 1.82) is 0 Å². The van der Waals surface area contributed by atoms with Crippen molar-refractivity contribution < 1.29 is 14.3 Å². The van der Waals surface area contributed by atoms with Gasteiger partial charge in [0.25, 0.3) is 11.1 Å². The molecule has 0 saturated carbocycles. The van der Waals surface area contributed by atoms with Crippen molar-refractivity contribution in [2.75, 3.05) is 13.7 Å². The summed E-state index contributed by atoms with van der Waals surface area (Å²) in [7, 11) is 1.49. The van der Waals surface area contributed by atoms with E-state index in [2.05, 4.69) is 26.1 Å². The molecular formula is C22H18BrN3O3S. The summed E-state index contributed by atoms with van der Waals surface area (Å²) in [5.74, 6) is 0.428. The molecule has 0 spiro atoms. The van der Waals surface area contributed by atoms with Gasteiger partial charge < -0.3 is 4.74 Å². The third-order valence-corrected chi connectivity index (χ3v) is 6.32. The molecule has 8 heteroatoms. The van der Waals surface area contributed by atoms with Gasteiger partial charge in [0.1, 0.15) is 5.75 Å². The van der Waals surface area contributed by atoms with Crippen LogP contribution in [0.5, 0.6) is 5.75 Å². The molecule has 1 aliphatic rings. The molecular weight excluding hydrogens is 466 g/mol. The number of rotatable bonds is 5. The van der Waals surface area contributed by atoms with Crippen LogP contribution >= 0.6 is 27.7 Å². The highest BCUT2D eigenvalue weighted by Gasteiger charge is 2.36. The molecule has 152 valence electrons. The van der Waals surface area contributed by atoms with Crippen LogP contribution in [0.2, 0.25) is 0 Å². The molecule has 1 saturated heterocycles. The molecule has 3 aromatic rings. The van der Waals surface area contributed by atoms with Gasteiger partial charge >= 0.3 is 0 Å². The number of hydrogen-bond donors (Lipinski definition) is 1. The molecule has 2 heterocycles. The number of aromatic amines is 1. The van der Waals surface area contributed by atoms with E-state index in [1.807, 2.05) is 55.5 Å². The second-order valence-electron chi connectivity index (χ2n) is 6.53. The lowest BCUT2D eigenvalue weighted by Gasteiger charge is -2.12. The van der Waals surface area contributed by atoms with Crippen LogP contribution in [0.3, 0.4) is 0 Å². The predicted octanol–water partition coefficient (Wildman–Crippen LogP) is 5.32. The van der Waals surface area contributed by atoms with E-state index in [-0.39, 0.29) is 11.1 Å². The smallest absolute Gasteiger partial charge is 0.293 e. The largest absolute Gasteiger partial charge is 0.493 e. The van der Waals surface area contributed by atoms with Crippen molar-refractivity contribution in [3.05, 3.63) is 75.2 Å². The highest BCUT2D eigenvalue weighted by atomic mass is 79.9. The minimum Gasteiger partial charge on any atom is -0.493 e. The van der Waals surface area contributed by atoms with Gasteiger partial charge in [0, 0.05) is 29.9 Å². The minimum atomic E-state index is -0.316. The van der Waals surface area contributed by atoms with Gasteiger partial charge in [-0.05, 0) is 58.4 Å². The number of H-pyrrole nitrogens is 1. The highest BCUT2D eigenvalue weighted by Crippen LogP contribution is 2.42. The Labute approximate surface area is 186 Å². The van der Waals surface area contributed by atoms with E-state index in [1.165, 1.54) is 7.05 Å². The van der Waals surface area contributed by atoms with Crippen molar-refractivity contribution in [2.24, 2.45) is 0 Å². The third kappa shape index (κ3) is 3.68. The zero-order chi connectivity index (χ0) is 21.3. The Bertz CT molecular complexity index is 1160. The zero-order valence-corrected chi connectivity index (χ0v) is 18.7. The lowest BCUT2D eigenvalue weighted by Crippen LogP contribution is -2.22. The Morgan fingerprint density at radius 1 is 1.20 bits per heavy atom. The molecule has 1 fully saturated rings. The average Bonchev–Trinajstić information content (AvgIpc) is 3.32. The molecule has 30 heavy (non-hydrogen) atoms. The normalized spacial score (nSPS) is 15.6. The maximum Gasteiger partial charge on any atom is 0.293 e. The molecule has 6 nitrogen and oxygen atoms in total. The first-order valence-electron chi connectivity index (χ1n) is 9.27. The number of thioether (sulfide) groups is 1. The maximum absolute atomic E-state index is 12.8. The third-order valence-electron chi connectivity index (χ3n) is 4.67.